The smallest absolute Gasteiger partial charge is 0.130 e. The molecule has 104 valence electrons. The number of rotatable bonds is 6. The number of aryl methyl sites for hydroxylation is 2. The van der Waals surface area contributed by atoms with Crippen LogP contribution in [0.3, 0.4) is 0 Å². The van der Waals surface area contributed by atoms with Crippen molar-refractivity contribution in [3.05, 3.63) is 11.3 Å². The van der Waals surface area contributed by atoms with Crippen molar-refractivity contribution in [1.82, 2.24) is 9.78 Å². The van der Waals surface area contributed by atoms with Crippen molar-refractivity contribution in [3.8, 4) is 0 Å². The Hall–Kier alpha value is -1.03. The predicted octanol–water partition coefficient (Wildman–Crippen LogP) is 2.24. The standard InChI is InChI=1S/C14H28N4/c1-7-8-11(3)17(5)14-13(9-10(2)15)12(4)16-18(14)6/h10-11H,7-9,15H2,1-6H3. The van der Waals surface area contributed by atoms with Crippen molar-refractivity contribution in [2.75, 3.05) is 11.9 Å². The summed E-state index contributed by atoms with van der Waals surface area (Å²) in [7, 11) is 4.17. The molecular weight excluding hydrogens is 224 g/mol. The van der Waals surface area contributed by atoms with E-state index in [4.69, 9.17) is 5.73 Å². The number of hydrogen-bond acceptors (Lipinski definition) is 3. The summed E-state index contributed by atoms with van der Waals surface area (Å²) in [5.41, 5.74) is 8.34. The minimum Gasteiger partial charge on any atom is -0.357 e. The number of nitrogens with zero attached hydrogens (tertiary/aromatic N) is 3. The van der Waals surface area contributed by atoms with Crippen LogP contribution < -0.4 is 10.6 Å². The lowest BCUT2D eigenvalue weighted by Crippen LogP contribution is -2.31. The van der Waals surface area contributed by atoms with E-state index in [2.05, 4.69) is 37.8 Å². The molecule has 2 unspecified atom stereocenters. The number of aromatic nitrogens is 2. The SMILES string of the molecule is CCCC(C)N(C)c1c(CC(C)N)c(C)nn1C. The molecule has 0 fully saturated rings. The van der Waals surface area contributed by atoms with Gasteiger partial charge in [0.25, 0.3) is 0 Å². The lowest BCUT2D eigenvalue weighted by Gasteiger charge is -2.28. The van der Waals surface area contributed by atoms with Gasteiger partial charge in [-0.1, -0.05) is 13.3 Å². The fraction of sp³-hybridized carbons (Fsp3) is 0.786. The van der Waals surface area contributed by atoms with E-state index in [1.807, 2.05) is 18.7 Å². The van der Waals surface area contributed by atoms with Gasteiger partial charge in [-0.2, -0.15) is 5.10 Å². The summed E-state index contributed by atoms with van der Waals surface area (Å²) in [6.45, 7) is 8.61. The molecule has 0 aliphatic heterocycles. The van der Waals surface area contributed by atoms with Gasteiger partial charge in [0.2, 0.25) is 0 Å². The van der Waals surface area contributed by atoms with Crippen molar-refractivity contribution in [2.45, 2.75) is 59.0 Å². The van der Waals surface area contributed by atoms with Crippen LogP contribution in [0, 0.1) is 6.92 Å². The van der Waals surface area contributed by atoms with Crippen LogP contribution in [0.5, 0.6) is 0 Å². The second kappa shape index (κ2) is 6.23. The Bertz CT molecular complexity index is 381. The number of nitrogens with two attached hydrogens (primary N) is 1. The van der Waals surface area contributed by atoms with E-state index < -0.39 is 0 Å². The summed E-state index contributed by atoms with van der Waals surface area (Å²) in [5.74, 6) is 1.21. The van der Waals surface area contributed by atoms with Gasteiger partial charge in [-0.3, -0.25) is 4.68 Å². The summed E-state index contributed by atoms with van der Waals surface area (Å²) in [6.07, 6.45) is 3.28. The second-order valence-electron chi connectivity index (χ2n) is 5.44. The Labute approximate surface area is 111 Å². The maximum absolute atomic E-state index is 5.95. The monoisotopic (exact) mass is 252 g/mol. The average molecular weight is 252 g/mol. The molecule has 0 bridgehead atoms. The van der Waals surface area contributed by atoms with Crippen molar-refractivity contribution >= 4 is 5.82 Å². The molecule has 1 aromatic rings. The van der Waals surface area contributed by atoms with Gasteiger partial charge in [0.05, 0.1) is 5.69 Å². The Balaban J connectivity index is 3.06. The summed E-state index contributed by atoms with van der Waals surface area (Å²) in [6, 6.07) is 0.693. The van der Waals surface area contributed by atoms with Crippen LogP contribution in [0.2, 0.25) is 0 Å². The maximum atomic E-state index is 5.95. The van der Waals surface area contributed by atoms with E-state index >= 15 is 0 Å². The van der Waals surface area contributed by atoms with E-state index in [0.717, 1.165) is 12.1 Å². The van der Waals surface area contributed by atoms with Crippen molar-refractivity contribution in [2.24, 2.45) is 12.8 Å². The van der Waals surface area contributed by atoms with Gasteiger partial charge in [-0.15, -0.1) is 0 Å². The zero-order valence-corrected chi connectivity index (χ0v) is 12.7. The van der Waals surface area contributed by atoms with Gasteiger partial charge >= 0.3 is 0 Å². The van der Waals surface area contributed by atoms with E-state index in [0.29, 0.717) is 6.04 Å². The highest BCUT2D eigenvalue weighted by atomic mass is 15.4. The molecule has 2 N–H and O–H groups in total. The third-order valence-corrected chi connectivity index (χ3v) is 3.54. The van der Waals surface area contributed by atoms with Crippen LogP contribution in [0.1, 0.15) is 44.9 Å². The largest absolute Gasteiger partial charge is 0.357 e. The molecule has 1 aromatic heterocycles. The molecule has 0 amide bonds. The number of anilines is 1. The molecule has 4 nitrogen and oxygen atoms in total. The molecule has 0 saturated carbocycles. The molecule has 1 heterocycles. The number of hydrogen-bond donors (Lipinski definition) is 1. The molecule has 0 radical (unpaired) electrons. The van der Waals surface area contributed by atoms with Crippen LogP contribution >= 0.6 is 0 Å². The average Bonchev–Trinajstić information content (AvgIpc) is 2.52. The summed E-state index contributed by atoms with van der Waals surface area (Å²) < 4.78 is 1.99. The first-order valence-corrected chi connectivity index (χ1v) is 6.89. The van der Waals surface area contributed by atoms with Gasteiger partial charge in [0, 0.05) is 31.7 Å². The lowest BCUT2D eigenvalue weighted by atomic mass is 10.1. The molecule has 0 aliphatic rings. The van der Waals surface area contributed by atoms with Crippen LogP contribution in [-0.2, 0) is 13.5 Å². The topological polar surface area (TPSA) is 47.1 Å². The first kappa shape index (κ1) is 15.0. The Kier molecular flexibility index (Phi) is 5.20. The Morgan fingerprint density at radius 3 is 2.50 bits per heavy atom. The van der Waals surface area contributed by atoms with Crippen LogP contribution in [0.25, 0.3) is 0 Å². The molecule has 0 saturated heterocycles. The molecule has 18 heavy (non-hydrogen) atoms. The van der Waals surface area contributed by atoms with Gasteiger partial charge in [-0.05, 0) is 33.6 Å². The zero-order chi connectivity index (χ0) is 13.9. The maximum Gasteiger partial charge on any atom is 0.130 e. The fourth-order valence-electron chi connectivity index (χ4n) is 2.51. The Morgan fingerprint density at radius 1 is 1.39 bits per heavy atom. The highest BCUT2D eigenvalue weighted by Gasteiger charge is 2.20. The predicted molar refractivity (Wildman–Crippen MR) is 78.1 cm³/mol. The third-order valence-electron chi connectivity index (χ3n) is 3.54. The minimum atomic E-state index is 0.168. The van der Waals surface area contributed by atoms with Crippen molar-refractivity contribution in [1.29, 1.82) is 0 Å². The van der Waals surface area contributed by atoms with E-state index in [9.17, 15) is 0 Å². The fourth-order valence-corrected chi connectivity index (χ4v) is 2.51. The minimum absolute atomic E-state index is 0.168. The molecular formula is C14H28N4. The van der Waals surface area contributed by atoms with Crippen molar-refractivity contribution < 1.29 is 0 Å². The molecule has 0 aromatic carbocycles. The van der Waals surface area contributed by atoms with Crippen molar-refractivity contribution in [3.63, 3.8) is 0 Å². The summed E-state index contributed by atoms with van der Waals surface area (Å²) in [4.78, 5) is 2.33. The quantitative estimate of drug-likeness (QED) is 0.844. The second-order valence-corrected chi connectivity index (χ2v) is 5.44. The molecule has 0 spiro atoms. The summed E-state index contributed by atoms with van der Waals surface area (Å²) >= 11 is 0. The molecule has 0 aliphatic carbocycles. The van der Waals surface area contributed by atoms with E-state index in [1.54, 1.807) is 0 Å². The normalized spacial score (nSPS) is 14.6. The Morgan fingerprint density at radius 2 is 2.00 bits per heavy atom. The highest BCUT2D eigenvalue weighted by molar-refractivity contribution is 5.50. The first-order chi connectivity index (χ1) is 8.38. The van der Waals surface area contributed by atoms with E-state index in [1.165, 1.54) is 24.2 Å². The highest BCUT2D eigenvalue weighted by Crippen LogP contribution is 2.25. The van der Waals surface area contributed by atoms with Crippen LogP contribution in [0.4, 0.5) is 5.82 Å². The van der Waals surface area contributed by atoms with Gasteiger partial charge < -0.3 is 10.6 Å². The zero-order valence-electron chi connectivity index (χ0n) is 12.7. The lowest BCUT2D eigenvalue weighted by molar-refractivity contribution is 0.591. The molecule has 4 heteroatoms. The van der Waals surface area contributed by atoms with Gasteiger partial charge in [-0.25, -0.2) is 0 Å². The summed E-state index contributed by atoms with van der Waals surface area (Å²) in [5, 5.41) is 4.55. The van der Waals surface area contributed by atoms with Crippen LogP contribution in [0.15, 0.2) is 0 Å². The van der Waals surface area contributed by atoms with Gasteiger partial charge in [0.1, 0.15) is 5.82 Å². The molecule has 2 atom stereocenters. The third kappa shape index (κ3) is 3.25. The van der Waals surface area contributed by atoms with Crippen LogP contribution in [-0.4, -0.2) is 28.9 Å². The van der Waals surface area contributed by atoms with E-state index in [-0.39, 0.29) is 6.04 Å². The van der Waals surface area contributed by atoms with Gasteiger partial charge in [0.15, 0.2) is 0 Å². The first-order valence-electron chi connectivity index (χ1n) is 6.89. The molecule has 1 rings (SSSR count).